The summed E-state index contributed by atoms with van der Waals surface area (Å²) >= 11 is 0. The van der Waals surface area contributed by atoms with Crippen molar-refractivity contribution >= 4 is 15.9 Å². The fourth-order valence-electron chi connectivity index (χ4n) is 3.16. The minimum absolute atomic E-state index is 0.0252. The summed E-state index contributed by atoms with van der Waals surface area (Å²) < 4.78 is 28.4. The molecule has 2 saturated heterocycles. The molecule has 3 heterocycles. The fourth-order valence-corrected chi connectivity index (χ4v) is 4.94. The molecule has 1 aromatic heterocycles. The summed E-state index contributed by atoms with van der Waals surface area (Å²) in [5.74, 6) is -0.236. The molecule has 1 aromatic rings. The highest BCUT2D eigenvalue weighted by molar-refractivity contribution is 7.89. The van der Waals surface area contributed by atoms with Gasteiger partial charge in [-0.3, -0.25) is 4.79 Å². The first-order valence-electron chi connectivity index (χ1n) is 6.60. The Labute approximate surface area is 117 Å². The van der Waals surface area contributed by atoms with E-state index >= 15 is 0 Å². The van der Waals surface area contributed by atoms with Crippen LogP contribution in [-0.2, 0) is 17.1 Å². The van der Waals surface area contributed by atoms with Crippen LogP contribution in [0.2, 0.25) is 0 Å². The molecule has 3 rings (SSSR count). The summed E-state index contributed by atoms with van der Waals surface area (Å²) in [7, 11) is -1.95. The molecule has 0 unspecified atom stereocenters. The second-order valence-electron chi connectivity index (χ2n) is 5.43. The topological polar surface area (TPSA) is 97.4 Å². The molecule has 1 amide bonds. The van der Waals surface area contributed by atoms with Gasteiger partial charge in [0.05, 0.1) is 0 Å². The van der Waals surface area contributed by atoms with Crippen molar-refractivity contribution in [1.29, 1.82) is 0 Å². The number of aryl methyl sites for hydroxylation is 1. The molecule has 2 aliphatic heterocycles. The minimum Gasteiger partial charge on any atom is -0.364 e. The monoisotopic (exact) mass is 298 g/mol. The maximum Gasteiger partial charge on any atom is 0.265 e. The summed E-state index contributed by atoms with van der Waals surface area (Å²) in [6, 6.07) is 1.38. The van der Waals surface area contributed by atoms with Crippen LogP contribution in [0.4, 0.5) is 0 Å². The number of nitrogens with one attached hydrogen (secondary N) is 1. The predicted molar refractivity (Wildman–Crippen MR) is 72.6 cm³/mol. The summed E-state index contributed by atoms with van der Waals surface area (Å²) in [6.07, 6.45) is 2.33. The van der Waals surface area contributed by atoms with Crippen LogP contribution in [0.3, 0.4) is 0 Å². The Kier molecular flexibility index (Phi) is 3.11. The Hall–Kier alpha value is -1.38. The van der Waals surface area contributed by atoms with E-state index in [1.165, 1.54) is 16.8 Å². The predicted octanol–water partition coefficient (Wildman–Crippen LogP) is -0.894. The summed E-state index contributed by atoms with van der Waals surface area (Å²) in [5.41, 5.74) is 5.43. The van der Waals surface area contributed by atoms with E-state index < -0.39 is 15.9 Å². The van der Waals surface area contributed by atoms with Crippen molar-refractivity contribution in [3.63, 3.8) is 0 Å². The zero-order valence-electron chi connectivity index (χ0n) is 11.2. The molecule has 0 spiro atoms. The van der Waals surface area contributed by atoms with E-state index in [1.807, 2.05) is 0 Å². The third-order valence-electron chi connectivity index (χ3n) is 4.23. The Bertz CT molecular complexity index is 652. The fraction of sp³-hybridized carbons (Fsp3) is 0.583. The van der Waals surface area contributed by atoms with Gasteiger partial charge in [-0.05, 0) is 24.9 Å². The maximum absolute atomic E-state index is 12.7. The van der Waals surface area contributed by atoms with Crippen LogP contribution in [0.25, 0.3) is 0 Å². The smallest absolute Gasteiger partial charge is 0.265 e. The number of rotatable bonds is 3. The zero-order chi connectivity index (χ0) is 14.5. The minimum atomic E-state index is -3.56. The van der Waals surface area contributed by atoms with Crippen molar-refractivity contribution in [1.82, 2.24) is 14.2 Å². The first kappa shape index (κ1) is 13.6. The molecule has 0 saturated carbocycles. The van der Waals surface area contributed by atoms with E-state index in [1.54, 1.807) is 11.4 Å². The van der Waals surface area contributed by atoms with Crippen LogP contribution in [-0.4, -0.2) is 48.9 Å². The summed E-state index contributed by atoms with van der Waals surface area (Å²) in [4.78, 5) is 11.4. The second-order valence-corrected chi connectivity index (χ2v) is 7.32. The molecule has 0 bridgehead atoms. The first-order valence-corrected chi connectivity index (χ1v) is 8.04. The average molecular weight is 298 g/mol. The third-order valence-corrected chi connectivity index (χ3v) is 6.12. The Morgan fingerprint density at radius 3 is 2.85 bits per heavy atom. The van der Waals surface area contributed by atoms with Gasteiger partial charge in [0.25, 0.3) is 5.91 Å². The van der Waals surface area contributed by atoms with E-state index in [0.717, 1.165) is 13.0 Å². The van der Waals surface area contributed by atoms with Gasteiger partial charge in [-0.1, -0.05) is 0 Å². The van der Waals surface area contributed by atoms with Gasteiger partial charge in [-0.15, -0.1) is 0 Å². The van der Waals surface area contributed by atoms with Crippen molar-refractivity contribution < 1.29 is 13.2 Å². The number of amides is 1. The lowest BCUT2D eigenvalue weighted by atomic mass is 10.1. The van der Waals surface area contributed by atoms with Crippen LogP contribution >= 0.6 is 0 Å². The van der Waals surface area contributed by atoms with Crippen molar-refractivity contribution in [3.05, 3.63) is 18.0 Å². The maximum atomic E-state index is 12.7. The zero-order valence-corrected chi connectivity index (χ0v) is 12.1. The average Bonchev–Trinajstić information content (AvgIpc) is 3.00. The molecule has 110 valence electrons. The number of primary amides is 1. The summed E-state index contributed by atoms with van der Waals surface area (Å²) in [5, 5.41) is 3.23. The Morgan fingerprint density at radius 1 is 1.45 bits per heavy atom. The Balaban J connectivity index is 1.96. The van der Waals surface area contributed by atoms with Gasteiger partial charge in [-0.2, -0.15) is 4.31 Å². The number of nitrogens with two attached hydrogens (primary N) is 1. The molecule has 7 nitrogen and oxygen atoms in total. The number of hydrogen-bond acceptors (Lipinski definition) is 4. The molecular formula is C12H18N4O3S. The lowest BCUT2D eigenvalue weighted by Gasteiger charge is -2.22. The van der Waals surface area contributed by atoms with Gasteiger partial charge < -0.3 is 15.6 Å². The SMILES string of the molecule is Cn1cc(S(=O)(=O)N2CC[C@H]3CNC[C@H]32)cc1C(N)=O. The van der Waals surface area contributed by atoms with Gasteiger partial charge >= 0.3 is 0 Å². The molecule has 2 fully saturated rings. The number of hydrogen-bond donors (Lipinski definition) is 2. The number of carbonyl (C=O) groups is 1. The molecule has 0 radical (unpaired) electrons. The van der Waals surface area contributed by atoms with Gasteiger partial charge in [0.1, 0.15) is 10.6 Å². The van der Waals surface area contributed by atoms with E-state index in [2.05, 4.69) is 5.32 Å². The van der Waals surface area contributed by atoms with Crippen LogP contribution in [0.15, 0.2) is 17.2 Å². The van der Waals surface area contributed by atoms with Crippen molar-refractivity contribution in [2.45, 2.75) is 17.4 Å². The number of sulfonamides is 1. The second kappa shape index (κ2) is 4.57. The molecule has 2 atom stereocenters. The lowest BCUT2D eigenvalue weighted by Crippen LogP contribution is -2.38. The third kappa shape index (κ3) is 1.95. The Morgan fingerprint density at radius 2 is 2.20 bits per heavy atom. The molecule has 0 aliphatic carbocycles. The van der Waals surface area contributed by atoms with Gasteiger partial charge in [0.15, 0.2) is 0 Å². The number of aromatic nitrogens is 1. The largest absolute Gasteiger partial charge is 0.364 e. The van der Waals surface area contributed by atoms with Crippen molar-refractivity contribution in [2.24, 2.45) is 18.7 Å². The first-order chi connectivity index (χ1) is 9.41. The number of carbonyl (C=O) groups excluding carboxylic acids is 1. The highest BCUT2D eigenvalue weighted by atomic mass is 32.2. The highest BCUT2D eigenvalue weighted by Gasteiger charge is 2.44. The van der Waals surface area contributed by atoms with Crippen LogP contribution < -0.4 is 11.1 Å². The van der Waals surface area contributed by atoms with E-state index in [9.17, 15) is 13.2 Å². The van der Waals surface area contributed by atoms with Crippen molar-refractivity contribution in [2.75, 3.05) is 19.6 Å². The number of fused-ring (bicyclic) bond motifs is 1. The van der Waals surface area contributed by atoms with Gasteiger partial charge in [-0.25, -0.2) is 8.42 Å². The molecule has 3 N–H and O–H groups in total. The van der Waals surface area contributed by atoms with E-state index in [-0.39, 0.29) is 16.6 Å². The van der Waals surface area contributed by atoms with E-state index in [0.29, 0.717) is 19.0 Å². The quantitative estimate of drug-likeness (QED) is 0.756. The van der Waals surface area contributed by atoms with Crippen molar-refractivity contribution in [3.8, 4) is 0 Å². The molecule has 2 aliphatic rings. The van der Waals surface area contributed by atoms with Crippen LogP contribution in [0.1, 0.15) is 16.9 Å². The standard InChI is InChI=1S/C12H18N4O3S/c1-15-7-9(4-10(15)12(13)17)20(18,19)16-3-2-8-5-14-6-11(8)16/h4,7-8,11,14H,2-3,5-6H2,1H3,(H2,13,17)/t8-,11+/m0/s1. The number of nitrogens with zero attached hydrogens (tertiary/aromatic N) is 2. The molecule has 8 heteroatoms. The molecule has 20 heavy (non-hydrogen) atoms. The van der Waals surface area contributed by atoms with Gasteiger partial charge in [0, 0.05) is 32.4 Å². The van der Waals surface area contributed by atoms with E-state index in [4.69, 9.17) is 5.73 Å². The van der Waals surface area contributed by atoms with Gasteiger partial charge in [0.2, 0.25) is 10.0 Å². The van der Waals surface area contributed by atoms with Crippen LogP contribution in [0, 0.1) is 5.92 Å². The highest BCUT2D eigenvalue weighted by Crippen LogP contribution is 2.32. The molecular weight excluding hydrogens is 280 g/mol. The molecule has 0 aromatic carbocycles. The van der Waals surface area contributed by atoms with Crippen LogP contribution in [0.5, 0.6) is 0 Å². The summed E-state index contributed by atoms with van der Waals surface area (Å²) in [6.45, 7) is 2.11. The lowest BCUT2D eigenvalue weighted by molar-refractivity contribution is 0.0992. The normalized spacial score (nSPS) is 26.9.